The molecular weight excluding hydrogens is 260 g/mol. The molecule has 2 aromatic rings. The van der Waals surface area contributed by atoms with Crippen molar-refractivity contribution in [3.8, 4) is 0 Å². The summed E-state index contributed by atoms with van der Waals surface area (Å²) in [6, 6.07) is 3.63. The van der Waals surface area contributed by atoms with Crippen LogP contribution in [-0.2, 0) is 5.33 Å². The smallest absolute Gasteiger partial charge is 0.145 e. The average Bonchev–Trinajstić information content (AvgIpc) is 2.46. The van der Waals surface area contributed by atoms with Crippen LogP contribution in [0.4, 0.5) is 0 Å². The average molecular weight is 264 g/mol. The van der Waals surface area contributed by atoms with Crippen molar-refractivity contribution in [2.45, 2.75) is 5.33 Å². The zero-order valence-electron chi connectivity index (χ0n) is 5.92. The quantitative estimate of drug-likeness (QED) is 0.583. The van der Waals surface area contributed by atoms with Gasteiger partial charge in [-0.1, -0.05) is 38.9 Å². The van der Waals surface area contributed by atoms with Gasteiger partial charge in [-0.15, -0.1) is 0 Å². The van der Waals surface area contributed by atoms with E-state index in [1.54, 1.807) is 17.4 Å². The first-order valence-electron chi connectivity index (χ1n) is 3.27. The summed E-state index contributed by atoms with van der Waals surface area (Å²) in [4.78, 5) is 9.37. The number of nitrogens with zero attached hydrogens (tertiary/aromatic N) is 2. The number of thiazole rings is 1. The Morgan fingerprint density at radius 2 is 2.25 bits per heavy atom. The van der Waals surface area contributed by atoms with Crippen LogP contribution >= 0.6 is 38.9 Å². The Morgan fingerprint density at radius 3 is 3.00 bits per heavy atom. The van der Waals surface area contributed by atoms with E-state index in [1.807, 2.05) is 6.07 Å². The van der Waals surface area contributed by atoms with Crippen molar-refractivity contribution in [2.24, 2.45) is 0 Å². The molecule has 0 bridgehead atoms. The maximum atomic E-state index is 5.73. The second kappa shape index (κ2) is 3.28. The highest BCUT2D eigenvalue weighted by Crippen LogP contribution is 2.23. The Morgan fingerprint density at radius 1 is 1.42 bits per heavy atom. The molecule has 0 aromatic carbocycles. The second-order valence-corrected chi connectivity index (χ2v) is 4.21. The van der Waals surface area contributed by atoms with E-state index in [2.05, 4.69) is 25.9 Å². The van der Waals surface area contributed by atoms with E-state index >= 15 is 0 Å². The Labute approximate surface area is 86.7 Å². The van der Waals surface area contributed by atoms with Crippen LogP contribution in [-0.4, -0.2) is 9.97 Å². The largest absolute Gasteiger partial charge is 0.239 e. The van der Waals surface area contributed by atoms with Gasteiger partial charge in [-0.2, -0.15) is 0 Å². The lowest BCUT2D eigenvalue weighted by Gasteiger charge is -1.85. The van der Waals surface area contributed by atoms with Gasteiger partial charge in [-0.3, -0.25) is 0 Å². The van der Waals surface area contributed by atoms with Crippen LogP contribution in [0, 0.1) is 0 Å². The van der Waals surface area contributed by atoms with Crippen molar-refractivity contribution in [3.05, 3.63) is 22.3 Å². The van der Waals surface area contributed by atoms with Gasteiger partial charge in [0.2, 0.25) is 0 Å². The van der Waals surface area contributed by atoms with Gasteiger partial charge in [-0.25, -0.2) is 9.97 Å². The number of halogens is 2. The van der Waals surface area contributed by atoms with Gasteiger partial charge in [-0.05, 0) is 12.1 Å². The molecule has 0 unspecified atom stereocenters. The minimum absolute atomic E-state index is 0.521. The molecule has 0 saturated heterocycles. The molecule has 0 amide bonds. The van der Waals surface area contributed by atoms with E-state index in [4.69, 9.17) is 11.6 Å². The summed E-state index contributed by atoms with van der Waals surface area (Å²) in [7, 11) is 0. The Hall–Kier alpha value is -0.190. The number of hydrogen-bond donors (Lipinski definition) is 0. The standard InChI is InChI=1S/C7H4BrClN2S/c8-3-6-10-4-1-2-5(9)11-7(4)12-6/h1-2H,3H2. The van der Waals surface area contributed by atoms with Crippen LogP contribution in [0.3, 0.4) is 0 Å². The molecule has 0 N–H and O–H groups in total. The Kier molecular flexibility index (Phi) is 2.30. The van der Waals surface area contributed by atoms with E-state index in [0.717, 1.165) is 20.7 Å². The number of aromatic nitrogens is 2. The van der Waals surface area contributed by atoms with E-state index in [1.165, 1.54) is 0 Å². The lowest BCUT2D eigenvalue weighted by Crippen LogP contribution is -1.74. The first-order valence-corrected chi connectivity index (χ1v) is 5.59. The van der Waals surface area contributed by atoms with Gasteiger partial charge >= 0.3 is 0 Å². The second-order valence-electron chi connectivity index (χ2n) is 2.20. The fourth-order valence-electron chi connectivity index (χ4n) is 0.897. The topological polar surface area (TPSA) is 25.8 Å². The number of rotatable bonds is 1. The number of hydrogen-bond acceptors (Lipinski definition) is 3. The third-order valence-electron chi connectivity index (χ3n) is 1.38. The van der Waals surface area contributed by atoms with Crippen LogP contribution in [0.25, 0.3) is 10.3 Å². The highest BCUT2D eigenvalue weighted by Gasteiger charge is 2.03. The van der Waals surface area contributed by atoms with Crippen molar-refractivity contribution >= 4 is 49.2 Å². The molecule has 0 atom stereocenters. The molecule has 5 heteroatoms. The van der Waals surface area contributed by atoms with Gasteiger partial charge in [0.25, 0.3) is 0 Å². The van der Waals surface area contributed by atoms with Crippen LogP contribution in [0.5, 0.6) is 0 Å². The minimum atomic E-state index is 0.521. The third kappa shape index (κ3) is 1.46. The number of fused-ring (bicyclic) bond motifs is 1. The van der Waals surface area contributed by atoms with Gasteiger partial charge in [0.15, 0.2) is 0 Å². The zero-order valence-corrected chi connectivity index (χ0v) is 9.08. The van der Waals surface area contributed by atoms with Crippen molar-refractivity contribution in [3.63, 3.8) is 0 Å². The van der Waals surface area contributed by atoms with Crippen LogP contribution in [0.15, 0.2) is 12.1 Å². The highest BCUT2D eigenvalue weighted by molar-refractivity contribution is 9.08. The van der Waals surface area contributed by atoms with Crippen LogP contribution in [0.1, 0.15) is 5.01 Å². The molecule has 2 nitrogen and oxygen atoms in total. The number of pyridine rings is 1. The molecule has 0 saturated carbocycles. The maximum Gasteiger partial charge on any atom is 0.145 e. The molecule has 62 valence electrons. The van der Waals surface area contributed by atoms with Gasteiger partial charge in [0.05, 0.1) is 5.33 Å². The van der Waals surface area contributed by atoms with E-state index in [0.29, 0.717) is 5.15 Å². The fraction of sp³-hybridized carbons (Fsp3) is 0.143. The monoisotopic (exact) mass is 262 g/mol. The highest BCUT2D eigenvalue weighted by atomic mass is 79.9. The molecule has 0 aliphatic carbocycles. The first kappa shape index (κ1) is 8.41. The van der Waals surface area contributed by atoms with Gasteiger partial charge < -0.3 is 0 Å². The molecule has 2 aromatic heterocycles. The van der Waals surface area contributed by atoms with Crippen molar-refractivity contribution in [1.82, 2.24) is 9.97 Å². The maximum absolute atomic E-state index is 5.73. The molecule has 2 heterocycles. The normalized spacial score (nSPS) is 10.8. The first-order chi connectivity index (χ1) is 5.79. The third-order valence-corrected chi connectivity index (χ3v) is 3.46. The summed E-state index contributed by atoms with van der Waals surface area (Å²) in [5.41, 5.74) is 0.916. The molecule has 0 radical (unpaired) electrons. The van der Waals surface area contributed by atoms with Crippen molar-refractivity contribution in [2.75, 3.05) is 0 Å². The lowest BCUT2D eigenvalue weighted by atomic mass is 10.5. The summed E-state index contributed by atoms with van der Waals surface area (Å²) in [5.74, 6) is 0. The summed E-state index contributed by atoms with van der Waals surface area (Å²) >= 11 is 10.6. The molecule has 0 spiro atoms. The molecule has 2 rings (SSSR count). The summed E-state index contributed by atoms with van der Waals surface area (Å²) in [5, 5.41) is 2.32. The lowest BCUT2D eigenvalue weighted by molar-refractivity contribution is 1.31. The van der Waals surface area contributed by atoms with Gasteiger partial charge in [0, 0.05) is 0 Å². The van der Waals surface area contributed by atoms with E-state index < -0.39 is 0 Å². The van der Waals surface area contributed by atoms with Crippen molar-refractivity contribution < 1.29 is 0 Å². The number of alkyl halides is 1. The van der Waals surface area contributed by atoms with E-state index in [-0.39, 0.29) is 0 Å². The Balaban J connectivity index is 2.67. The predicted molar refractivity (Wildman–Crippen MR) is 55.1 cm³/mol. The SMILES string of the molecule is Clc1ccc2nc(CBr)sc2n1. The summed E-state index contributed by atoms with van der Waals surface area (Å²) < 4.78 is 0. The molecule has 0 aliphatic rings. The molecule has 0 fully saturated rings. The Bertz CT molecular complexity index is 415. The van der Waals surface area contributed by atoms with Gasteiger partial charge in [0.1, 0.15) is 20.5 Å². The van der Waals surface area contributed by atoms with Crippen LogP contribution in [0.2, 0.25) is 5.15 Å². The predicted octanol–water partition coefficient (Wildman–Crippen LogP) is 3.24. The van der Waals surface area contributed by atoms with Crippen LogP contribution < -0.4 is 0 Å². The minimum Gasteiger partial charge on any atom is -0.239 e. The molecule has 0 aliphatic heterocycles. The van der Waals surface area contributed by atoms with E-state index in [9.17, 15) is 0 Å². The fourth-order valence-corrected chi connectivity index (χ4v) is 2.35. The summed E-state index contributed by atoms with van der Waals surface area (Å²) in [6.07, 6.45) is 0. The van der Waals surface area contributed by atoms with Crippen molar-refractivity contribution in [1.29, 1.82) is 0 Å². The summed E-state index contributed by atoms with van der Waals surface area (Å²) in [6.45, 7) is 0. The zero-order chi connectivity index (χ0) is 8.55. The molecular formula is C7H4BrClN2S. The molecule has 12 heavy (non-hydrogen) atoms.